The molecule has 680 valence electrons. The third kappa shape index (κ3) is 26.2. The van der Waals surface area contributed by atoms with Crippen LogP contribution in [0.5, 0.6) is 51.7 Å². The van der Waals surface area contributed by atoms with E-state index in [4.69, 9.17) is 78.9 Å². The molecule has 0 aliphatic rings. The van der Waals surface area contributed by atoms with E-state index in [0.29, 0.717) is 110 Å². The fourth-order valence-electron chi connectivity index (χ4n) is 12.9. The van der Waals surface area contributed by atoms with Gasteiger partial charge in [0.1, 0.15) is 6.29 Å². The Morgan fingerprint density at radius 3 is 1.04 bits per heavy atom. The molecule has 0 aliphatic carbocycles. The Balaban J connectivity index is 0.000000162. The lowest BCUT2D eigenvalue weighted by Gasteiger charge is -2.14. The molecule has 0 spiro atoms. The highest BCUT2D eigenvalue weighted by Gasteiger charge is 2.22. The van der Waals surface area contributed by atoms with Gasteiger partial charge in [0.15, 0.2) is 60.8 Å². The van der Waals surface area contributed by atoms with E-state index >= 15 is 0 Å². The lowest BCUT2D eigenvalue weighted by Crippen LogP contribution is -2.30. The zero-order valence-corrected chi connectivity index (χ0v) is 80.0. The number of nitrogen functional groups attached to an aromatic ring is 2. The number of thiazole rings is 4. The molecule has 4 heterocycles. The maximum Gasteiger partial charge on any atom is 0.488 e. The molecule has 0 atom stereocenters. The number of aromatic nitrogens is 4. The van der Waals surface area contributed by atoms with Gasteiger partial charge < -0.3 is 94.3 Å². The molecule has 0 saturated carbocycles. The van der Waals surface area contributed by atoms with E-state index in [1.807, 2.05) is 140 Å². The molecule has 35 heteroatoms. The van der Waals surface area contributed by atoms with E-state index in [9.17, 15) is 24.0 Å². The van der Waals surface area contributed by atoms with E-state index in [1.165, 1.54) is 66.1 Å². The van der Waals surface area contributed by atoms with Crippen LogP contribution < -0.4 is 75.5 Å². The molecule has 0 fully saturated rings. The number of nitrogens with two attached hydrogens (primary N) is 2. The van der Waals surface area contributed by atoms with Crippen LogP contribution in [0.1, 0.15) is 74.0 Å². The van der Waals surface area contributed by atoms with Crippen molar-refractivity contribution in [1.29, 1.82) is 0 Å². The monoisotopic (exact) mass is 1980 g/mol. The molecule has 16 aromatic rings. The van der Waals surface area contributed by atoms with E-state index in [0.717, 1.165) is 116 Å². The van der Waals surface area contributed by atoms with E-state index < -0.39 is 13.1 Å². The Morgan fingerprint density at radius 1 is 0.371 bits per heavy atom. The Bertz CT molecular complexity index is 6590. The van der Waals surface area contributed by atoms with Crippen molar-refractivity contribution < 1.29 is 90.9 Å². The first-order chi connectivity index (χ1) is 63.9. The first-order valence-corrected chi connectivity index (χ1v) is 44.8. The number of ether oxygens (including phenoxy) is 12. The molecule has 0 amide bonds. The number of nitrogens with zero attached hydrogens (tertiary/aromatic N) is 4. The number of nitrogens with one attached hydrogen (secondary N) is 3. The van der Waals surface area contributed by atoms with Gasteiger partial charge in [-0.05, 0) is 189 Å². The average molecular weight is 1990 g/mol. The molecule has 12 aromatic carbocycles. The molecule has 16 rings (SSSR count). The zero-order chi connectivity index (χ0) is 94.5. The van der Waals surface area contributed by atoms with Crippen LogP contribution in [0.4, 0.5) is 26.2 Å². The summed E-state index contributed by atoms with van der Waals surface area (Å²) in [6, 6.07) is 71.0. The normalized spacial score (nSPS) is 10.5. The van der Waals surface area contributed by atoms with E-state index in [2.05, 4.69) is 97.6 Å². The van der Waals surface area contributed by atoms with Gasteiger partial charge in [0.05, 0.1) is 143 Å². The lowest BCUT2D eigenvalue weighted by molar-refractivity contribution is 0.0592. The van der Waals surface area contributed by atoms with Crippen molar-refractivity contribution in [3.8, 4) is 74.0 Å². The topological polar surface area (TPSA) is 376 Å². The maximum absolute atomic E-state index is 12.7. The molecule has 28 nitrogen and oxygen atoms in total. The number of hydrogen-bond donors (Lipinski definition) is 7. The van der Waals surface area contributed by atoms with Crippen molar-refractivity contribution in [3.05, 3.63) is 290 Å². The van der Waals surface area contributed by atoms with Crippen molar-refractivity contribution in [2.45, 2.75) is 26.1 Å². The van der Waals surface area contributed by atoms with Crippen molar-refractivity contribution in [3.63, 3.8) is 0 Å². The number of methoxy groups -OCH3 is 12. The van der Waals surface area contributed by atoms with Crippen LogP contribution in [0.3, 0.4) is 0 Å². The summed E-state index contributed by atoms with van der Waals surface area (Å²) in [5.41, 5.74) is 26.8. The summed E-state index contributed by atoms with van der Waals surface area (Å²) in [6.07, 6.45) is 1.01. The molecule has 0 saturated heterocycles. The van der Waals surface area contributed by atoms with Gasteiger partial charge in [0, 0.05) is 51.8 Å². The SMILES string of the molecule is COC(=O)c1ccc(C=O)cc1.COC(=O)c1ccc(CNc2nc3cc(-c4cc(OC)c(OC)c(OC)c4)ccc3s2)cc1.COC(=O)c1ccc(CNc2nc3cc(Br)ccc3s2)cc1.COc1cc(-c2ccc3sc(NCc4ccc(C(=O)Cc5ccccc5N)cc4)nc3c2)cc(OC)c1OC.COc1cc(B(O)O)cc(OC)c1OC.Nc1nc2cc(Br)ccc2s1. The summed E-state index contributed by atoms with van der Waals surface area (Å²) < 4.78 is 68.4. The summed E-state index contributed by atoms with van der Waals surface area (Å²) in [6.45, 7) is 1.85. The standard InChI is InChI=1S/C31H29N3O4S.C25H24N2O5S.C16H13BrN2O2S.C9H13BO5.C9H8O3.C7H5BrN2S/c1-36-27-16-23(17-28(37-2)30(27)38-3)21-12-13-29-25(14-21)34-31(39-29)33-18-19-8-10-20(11-9-19)26(35)15-22-6-4-5-7-24(22)32;1-29-20-12-18(13-21(30-2)23(20)31-3)17-9-10-22-19(11-17)27-25(33-22)26-14-15-5-7-16(8-6-15)24(28)32-4;1-21-15(20)11-4-2-10(3-5-11)9-18-16-19-13-8-12(17)6-7-14(13)22-16;1-13-7-4-6(10(11)12)5-8(14-2)9(7)15-3;1-12-9(11)8-4-2-7(6-10)3-5-8;8-4-1-2-6-5(3-4)10-7(9)11-6/h4-14,16-17H,15,18,32H2,1-3H3,(H,33,34);5-13H,14H2,1-4H3,(H,26,27);2-8H,9H2,1H3,(H,18,19);4-5,11-12H,1-3H3;2-6H,1H3;1-3H,(H2,9,10). The highest BCUT2D eigenvalue weighted by Crippen LogP contribution is 2.45. The highest BCUT2D eigenvalue weighted by molar-refractivity contribution is 9.10. The molecule has 0 radical (unpaired) electrons. The second-order valence-corrected chi connectivity index (χ2v) is 34.0. The molecule has 9 N–H and O–H groups in total. The number of carbonyl (C=O) groups is 5. The summed E-state index contributed by atoms with van der Waals surface area (Å²) in [7, 11) is 16.5. The van der Waals surface area contributed by atoms with Crippen LogP contribution in [0, 0.1) is 0 Å². The van der Waals surface area contributed by atoms with Gasteiger partial charge in [0.25, 0.3) is 0 Å². The number of para-hydroxylation sites is 1. The van der Waals surface area contributed by atoms with Gasteiger partial charge in [-0.25, -0.2) is 34.3 Å². The average Bonchev–Trinajstić information content (AvgIpc) is 1.24. The van der Waals surface area contributed by atoms with Crippen molar-refractivity contribution in [2.24, 2.45) is 0 Å². The predicted octanol–water partition coefficient (Wildman–Crippen LogP) is 19.8. The van der Waals surface area contributed by atoms with Gasteiger partial charge in [-0.2, -0.15) is 0 Å². The van der Waals surface area contributed by atoms with Crippen LogP contribution in [-0.2, 0) is 40.3 Å². The lowest BCUT2D eigenvalue weighted by atomic mass is 9.80. The Hall–Kier alpha value is -13.9. The summed E-state index contributed by atoms with van der Waals surface area (Å²) in [4.78, 5) is 75.0. The number of benzene rings is 12. The number of carbonyl (C=O) groups excluding carboxylic acids is 5. The highest BCUT2D eigenvalue weighted by atomic mass is 79.9. The fraction of sp³-hybridized carbons (Fsp3) is 0.165. The number of Topliss-reactive ketones (excluding diaryl/α,β-unsaturated/α-hetero) is 1. The number of rotatable bonds is 28. The Morgan fingerprint density at radius 2 is 0.697 bits per heavy atom. The minimum absolute atomic E-state index is 0.0430. The number of ketones is 1. The molecular weight excluding hydrogens is 1890 g/mol. The van der Waals surface area contributed by atoms with Crippen LogP contribution >= 0.6 is 77.2 Å². The summed E-state index contributed by atoms with van der Waals surface area (Å²) in [5.74, 6) is 3.71. The second kappa shape index (κ2) is 48.1. The molecule has 0 bridgehead atoms. The van der Waals surface area contributed by atoms with Crippen molar-refractivity contribution >= 4 is 187 Å². The third-order valence-electron chi connectivity index (χ3n) is 19.7. The minimum Gasteiger partial charge on any atom is -0.493 e. The second-order valence-electron chi connectivity index (χ2n) is 28.0. The summed E-state index contributed by atoms with van der Waals surface area (Å²) in [5, 5.41) is 31.3. The van der Waals surface area contributed by atoms with Crippen LogP contribution in [0.25, 0.3) is 63.1 Å². The molecule has 0 aliphatic heterocycles. The first kappa shape index (κ1) is 98.7. The predicted molar refractivity (Wildman–Crippen MR) is 530 cm³/mol. The number of aldehydes is 1. The van der Waals surface area contributed by atoms with Crippen LogP contribution in [-0.4, -0.2) is 152 Å². The quantitative estimate of drug-likeness (QED) is 0.00598. The van der Waals surface area contributed by atoms with Gasteiger partial charge in [-0.3, -0.25) is 9.59 Å². The van der Waals surface area contributed by atoms with Gasteiger partial charge in [-0.15, -0.1) is 0 Å². The smallest absolute Gasteiger partial charge is 0.488 e. The van der Waals surface area contributed by atoms with Crippen molar-refractivity contribution in [2.75, 3.05) is 113 Å². The van der Waals surface area contributed by atoms with Crippen LogP contribution in [0.2, 0.25) is 0 Å². The molecule has 132 heavy (non-hydrogen) atoms. The molecule has 4 aromatic heterocycles. The zero-order valence-electron chi connectivity index (χ0n) is 73.6. The number of anilines is 5. The number of hydrogen-bond acceptors (Lipinski definition) is 32. The molecular formula is C97H92BBr2N9O19S4. The number of halogens is 2. The van der Waals surface area contributed by atoms with E-state index in [-0.39, 0.29) is 29.6 Å². The number of esters is 3. The summed E-state index contributed by atoms with van der Waals surface area (Å²) >= 11 is 13.1. The maximum atomic E-state index is 12.7. The Kier molecular flexibility index (Phi) is 36.0. The third-order valence-corrected chi connectivity index (χ3v) is 24.5. The first-order valence-electron chi connectivity index (χ1n) is 40.0. The van der Waals surface area contributed by atoms with Crippen LogP contribution in [0.15, 0.2) is 239 Å². The van der Waals surface area contributed by atoms with E-state index in [1.54, 1.807) is 125 Å². The van der Waals surface area contributed by atoms with Gasteiger partial charge >= 0.3 is 25.0 Å². The van der Waals surface area contributed by atoms with Gasteiger partial charge in [0.2, 0.25) is 17.2 Å². The van der Waals surface area contributed by atoms with Crippen molar-refractivity contribution in [1.82, 2.24) is 19.9 Å². The molecule has 0 unspecified atom stereocenters. The Labute approximate surface area is 794 Å². The largest absolute Gasteiger partial charge is 0.493 e. The fourth-order valence-corrected chi connectivity index (χ4v) is 16.8. The number of fused-ring (bicyclic) bond motifs is 4. The van der Waals surface area contributed by atoms with Gasteiger partial charge in [-0.1, -0.05) is 168 Å². The minimum atomic E-state index is -1.57.